The maximum atomic E-state index is 4.58. The zero-order chi connectivity index (χ0) is 12.4. The molecule has 0 amide bonds. The first-order chi connectivity index (χ1) is 8.11. The fourth-order valence-corrected chi connectivity index (χ4v) is 1.84. The molecule has 1 N–H and O–H groups in total. The number of hydrogen-bond acceptors (Lipinski definition) is 3. The lowest BCUT2D eigenvalue weighted by Gasteiger charge is -2.01. The largest absolute Gasteiger partial charge is 0.388 e. The molecule has 0 unspecified atom stereocenters. The SMILES string of the molecule is CNc1cccc(-c2nc(C(C)C)n(C)n2)c1. The number of benzene rings is 1. The Bertz CT molecular complexity index is 514. The van der Waals surface area contributed by atoms with Gasteiger partial charge in [0.15, 0.2) is 5.82 Å². The van der Waals surface area contributed by atoms with E-state index in [9.17, 15) is 0 Å². The zero-order valence-corrected chi connectivity index (χ0v) is 10.7. The first-order valence-electron chi connectivity index (χ1n) is 5.81. The first-order valence-corrected chi connectivity index (χ1v) is 5.81. The van der Waals surface area contributed by atoms with Crippen molar-refractivity contribution in [2.24, 2.45) is 7.05 Å². The van der Waals surface area contributed by atoms with E-state index in [-0.39, 0.29) is 0 Å². The molecule has 2 aromatic rings. The highest BCUT2D eigenvalue weighted by Gasteiger charge is 2.11. The van der Waals surface area contributed by atoms with Crippen molar-refractivity contribution in [1.82, 2.24) is 14.8 Å². The third-order valence-electron chi connectivity index (χ3n) is 2.72. The Balaban J connectivity index is 2.42. The van der Waals surface area contributed by atoms with Crippen LogP contribution in [0.5, 0.6) is 0 Å². The Morgan fingerprint density at radius 3 is 2.65 bits per heavy atom. The number of rotatable bonds is 3. The van der Waals surface area contributed by atoms with Crippen molar-refractivity contribution in [1.29, 1.82) is 0 Å². The van der Waals surface area contributed by atoms with E-state index in [2.05, 4.69) is 35.3 Å². The van der Waals surface area contributed by atoms with Crippen molar-refractivity contribution in [3.8, 4) is 11.4 Å². The highest BCUT2D eigenvalue weighted by Crippen LogP contribution is 2.21. The van der Waals surface area contributed by atoms with Gasteiger partial charge >= 0.3 is 0 Å². The van der Waals surface area contributed by atoms with E-state index < -0.39 is 0 Å². The van der Waals surface area contributed by atoms with E-state index in [1.54, 1.807) is 0 Å². The van der Waals surface area contributed by atoms with Crippen LogP contribution < -0.4 is 5.32 Å². The van der Waals surface area contributed by atoms with Crippen LogP contribution in [0.15, 0.2) is 24.3 Å². The Morgan fingerprint density at radius 1 is 1.29 bits per heavy atom. The van der Waals surface area contributed by atoms with Crippen LogP contribution in [-0.2, 0) is 7.05 Å². The van der Waals surface area contributed by atoms with Gasteiger partial charge in [-0.25, -0.2) is 4.98 Å². The summed E-state index contributed by atoms with van der Waals surface area (Å²) in [5.41, 5.74) is 2.11. The molecule has 17 heavy (non-hydrogen) atoms. The van der Waals surface area contributed by atoms with Gasteiger partial charge in [-0.15, -0.1) is 0 Å². The van der Waals surface area contributed by atoms with Crippen molar-refractivity contribution in [2.75, 3.05) is 12.4 Å². The predicted molar refractivity (Wildman–Crippen MR) is 70.1 cm³/mol. The summed E-state index contributed by atoms with van der Waals surface area (Å²) in [6, 6.07) is 8.11. The molecule has 1 aromatic heterocycles. The monoisotopic (exact) mass is 230 g/mol. The molecular weight excluding hydrogens is 212 g/mol. The minimum Gasteiger partial charge on any atom is -0.388 e. The molecular formula is C13H18N4. The van der Waals surface area contributed by atoms with Crippen molar-refractivity contribution in [2.45, 2.75) is 19.8 Å². The van der Waals surface area contributed by atoms with E-state index >= 15 is 0 Å². The summed E-state index contributed by atoms with van der Waals surface area (Å²) in [6.07, 6.45) is 0. The molecule has 0 saturated heterocycles. The summed E-state index contributed by atoms with van der Waals surface area (Å²) in [5, 5.41) is 7.57. The number of hydrogen-bond donors (Lipinski definition) is 1. The van der Waals surface area contributed by atoms with E-state index in [1.165, 1.54) is 0 Å². The number of aryl methyl sites for hydroxylation is 1. The second-order valence-corrected chi connectivity index (χ2v) is 4.40. The van der Waals surface area contributed by atoms with Gasteiger partial charge in [-0.2, -0.15) is 5.10 Å². The van der Waals surface area contributed by atoms with Gasteiger partial charge in [0.25, 0.3) is 0 Å². The summed E-state index contributed by atoms with van der Waals surface area (Å²) in [4.78, 5) is 4.58. The van der Waals surface area contributed by atoms with Crippen LogP contribution in [0, 0.1) is 0 Å². The zero-order valence-electron chi connectivity index (χ0n) is 10.7. The van der Waals surface area contributed by atoms with Crippen molar-refractivity contribution in [3.05, 3.63) is 30.1 Å². The molecule has 0 bridgehead atoms. The van der Waals surface area contributed by atoms with Crippen LogP contribution in [0.1, 0.15) is 25.6 Å². The normalized spacial score (nSPS) is 10.9. The number of nitrogens with zero attached hydrogens (tertiary/aromatic N) is 3. The molecule has 0 aliphatic heterocycles. The highest BCUT2D eigenvalue weighted by atomic mass is 15.3. The average Bonchev–Trinajstić information content (AvgIpc) is 2.71. The number of anilines is 1. The maximum absolute atomic E-state index is 4.58. The summed E-state index contributed by atoms with van der Waals surface area (Å²) < 4.78 is 1.85. The fourth-order valence-electron chi connectivity index (χ4n) is 1.84. The van der Waals surface area contributed by atoms with Crippen LogP contribution in [0.2, 0.25) is 0 Å². The van der Waals surface area contributed by atoms with Crippen LogP contribution in [0.3, 0.4) is 0 Å². The van der Waals surface area contributed by atoms with E-state index in [0.717, 1.165) is 22.9 Å². The van der Waals surface area contributed by atoms with Crippen molar-refractivity contribution >= 4 is 5.69 Å². The molecule has 4 heteroatoms. The standard InChI is InChI=1S/C13H18N4/c1-9(2)13-15-12(16-17(13)4)10-6-5-7-11(8-10)14-3/h5-9,14H,1-4H3. The van der Waals surface area contributed by atoms with Gasteiger partial charge in [-0.1, -0.05) is 26.0 Å². The Labute approximate surface area is 102 Å². The van der Waals surface area contributed by atoms with Gasteiger partial charge in [0.05, 0.1) is 0 Å². The van der Waals surface area contributed by atoms with Gasteiger partial charge in [0, 0.05) is 31.3 Å². The first kappa shape index (κ1) is 11.6. The second kappa shape index (κ2) is 4.57. The minimum atomic E-state index is 0.383. The molecule has 90 valence electrons. The summed E-state index contributed by atoms with van der Waals surface area (Å²) in [6.45, 7) is 4.25. The Kier molecular flexibility index (Phi) is 3.13. The maximum Gasteiger partial charge on any atom is 0.181 e. The van der Waals surface area contributed by atoms with Gasteiger partial charge in [0.2, 0.25) is 0 Å². The van der Waals surface area contributed by atoms with Gasteiger partial charge in [-0.05, 0) is 12.1 Å². The smallest absolute Gasteiger partial charge is 0.181 e. The molecule has 0 aliphatic rings. The lowest BCUT2D eigenvalue weighted by Crippen LogP contribution is -2.00. The third-order valence-corrected chi connectivity index (χ3v) is 2.72. The third kappa shape index (κ3) is 2.30. The predicted octanol–water partition coefficient (Wildman–Crippen LogP) is 2.65. The summed E-state index contributed by atoms with van der Waals surface area (Å²) in [5.74, 6) is 2.18. The van der Waals surface area contributed by atoms with Crippen LogP contribution >= 0.6 is 0 Å². The van der Waals surface area contributed by atoms with E-state index in [4.69, 9.17) is 0 Å². The molecule has 0 atom stereocenters. The summed E-state index contributed by atoms with van der Waals surface area (Å²) >= 11 is 0. The van der Waals surface area contributed by atoms with Crippen LogP contribution in [0.4, 0.5) is 5.69 Å². The lowest BCUT2D eigenvalue weighted by molar-refractivity contribution is 0.655. The quantitative estimate of drug-likeness (QED) is 0.881. The lowest BCUT2D eigenvalue weighted by atomic mass is 10.2. The molecule has 2 rings (SSSR count). The molecule has 0 spiro atoms. The van der Waals surface area contributed by atoms with Gasteiger partial charge in [-0.3, -0.25) is 4.68 Å². The molecule has 0 fully saturated rings. The number of nitrogens with one attached hydrogen (secondary N) is 1. The van der Waals surface area contributed by atoms with Crippen molar-refractivity contribution in [3.63, 3.8) is 0 Å². The van der Waals surface area contributed by atoms with Gasteiger partial charge < -0.3 is 5.32 Å². The highest BCUT2D eigenvalue weighted by molar-refractivity contribution is 5.62. The second-order valence-electron chi connectivity index (χ2n) is 4.40. The fraction of sp³-hybridized carbons (Fsp3) is 0.385. The van der Waals surface area contributed by atoms with Crippen molar-refractivity contribution < 1.29 is 0 Å². The van der Waals surface area contributed by atoms with E-state index in [1.807, 2.05) is 37.0 Å². The molecule has 0 aliphatic carbocycles. The molecule has 0 saturated carbocycles. The van der Waals surface area contributed by atoms with Crippen LogP contribution in [0.25, 0.3) is 11.4 Å². The Hall–Kier alpha value is -1.84. The van der Waals surface area contributed by atoms with Gasteiger partial charge in [0.1, 0.15) is 5.82 Å². The van der Waals surface area contributed by atoms with Crippen LogP contribution in [-0.4, -0.2) is 21.8 Å². The topological polar surface area (TPSA) is 42.7 Å². The number of aromatic nitrogens is 3. The molecule has 0 radical (unpaired) electrons. The summed E-state index contributed by atoms with van der Waals surface area (Å²) in [7, 11) is 3.85. The molecule has 1 aromatic carbocycles. The minimum absolute atomic E-state index is 0.383. The Morgan fingerprint density at radius 2 is 2.06 bits per heavy atom. The molecule has 1 heterocycles. The van der Waals surface area contributed by atoms with E-state index in [0.29, 0.717) is 5.92 Å². The molecule has 4 nitrogen and oxygen atoms in total. The average molecular weight is 230 g/mol.